The Kier molecular flexibility index (Phi) is 5.30. The molecule has 1 aliphatic carbocycles. The third-order valence-electron chi connectivity index (χ3n) is 5.30. The number of hydrogen-bond donors (Lipinski definition) is 1. The van der Waals surface area contributed by atoms with E-state index in [-0.39, 0.29) is 0 Å². The standard InChI is InChI=1S/C17H34N2/c1-5-8-14-13-19(15(6-2)12-18-14)16-9-7-10-17(3,4)11-16/h14-16,18H,5-13H2,1-4H3. The van der Waals surface area contributed by atoms with Crippen molar-refractivity contribution in [1.82, 2.24) is 10.2 Å². The van der Waals surface area contributed by atoms with E-state index >= 15 is 0 Å². The van der Waals surface area contributed by atoms with Crippen molar-refractivity contribution in [2.75, 3.05) is 13.1 Å². The fourth-order valence-corrected chi connectivity index (χ4v) is 4.20. The molecule has 1 saturated heterocycles. The molecule has 0 bridgehead atoms. The summed E-state index contributed by atoms with van der Waals surface area (Å²) in [7, 11) is 0. The summed E-state index contributed by atoms with van der Waals surface area (Å²) < 4.78 is 0. The first-order valence-electron chi connectivity index (χ1n) is 8.55. The zero-order valence-corrected chi connectivity index (χ0v) is 13.5. The molecule has 2 aliphatic rings. The molecule has 1 N–H and O–H groups in total. The highest BCUT2D eigenvalue weighted by molar-refractivity contribution is 4.93. The maximum absolute atomic E-state index is 3.77. The van der Waals surface area contributed by atoms with Gasteiger partial charge in [-0.2, -0.15) is 0 Å². The molecule has 1 heterocycles. The van der Waals surface area contributed by atoms with Crippen molar-refractivity contribution in [3.05, 3.63) is 0 Å². The Bertz CT molecular complexity index is 274. The summed E-state index contributed by atoms with van der Waals surface area (Å²) >= 11 is 0. The van der Waals surface area contributed by atoms with Crippen molar-refractivity contribution in [3.63, 3.8) is 0 Å². The quantitative estimate of drug-likeness (QED) is 0.832. The first kappa shape index (κ1) is 15.3. The molecular weight excluding hydrogens is 232 g/mol. The molecule has 2 nitrogen and oxygen atoms in total. The van der Waals surface area contributed by atoms with E-state index in [1.807, 2.05) is 0 Å². The summed E-state index contributed by atoms with van der Waals surface area (Å²) in [6, 6.07) is 2.35. The molecule has 0 aromatic heterocycles. The van der Waals surface area contributed by atoms with Crippen molar-refractivity contribution in [3.8, 4) is 0 Å². The number of hydrogen-bond acceptors (Lipinski definition) is 2. The Balaban J connectivity index is 2.00. The van der Waals surface area contributed by atoms with Crippen molar-refractivity contribution >= 4 is 0 Å². The molecule has 0 aromatic carbocycles. The minimum atomic E-state index is 0.562. The SMILES string of the molecule is CCCC1CN(C2CCCC(C)(C)C2)C(CC)CN1. The number of rotatable bonds is 4. The Labute approximate surface area is 120 Å². The van der Waals surface area contributed by atoms with E-state index in [1.165, 1.54) is 58.0 Å². The molecule has 0 amide bonds. The minimum absolute atomic E-state index is 0.562. The number of nitrogens with one attached hydrogen (secondary N) is 1. The molecule has 19 heavy (non-hydrogen) atoms. The van der Waals surface area contributed by atoms with E-state index in [0.717, 1.165) is 18.1 Å². The van der Waals surface area contributed by atoms with Crippen molar-refractivity contribution in [2.45, 2.75) is 90.8 Å². The van der Waals surface area contributed by atoms with Gasteiger partial charge in [-0.15, -0.1) is 0 Å². The predicted molar refractivity (Wildman–Crippen MR) is 83.5 cm³/mol. The van der Waals surface area contributed by atoms with Gasteiger partial charge in [0.15, 0.2) is 0 Å². The van der Waals surface area contributed by atoms with Crippen LogP contribution < -0.4 is 5.32 Å². The van der Waals surface area contributed by atoms with E-state index < -0.39 is 0 Å². The highest BCUT2D eigenvalue weighted by Gasteiger charge is 2.36. The lowest BCUT2D eigenvalue weighted by molar-refractivity contribution is 0.0283. The molecule has 3 atom stereocenters. The van der Waals surface area contributed by atoms with Crippen LogP contribution in [0.2, 0.25) is 0 Å². The monoisotopic (exact) mass is 266 g/mol. The fraction of sp³-hybridized carbons (Fsp3) is 1.00. The largest absolute Gasteiger partial charge is 0.311 e. The van der Waals surface area contributed by atoms with Crippen LogP contribution in [0.5, 0.6) is 0 Å². The van der Waals surface area contributed by atoms with Gasteiger partial charge in [-0.1, -0.05) is 40.5 Å². The molecule has 2 fully saturated rings. The molecule has 1 saturated carbocycles. The van der Waals surface area contributed by atoms with Gasteiger partial charge in [-0.25, -0.2) is 0 Å². The summed E-state index contributed by atoms with van der Waals surface area (Å²) in [6.07, 6.45) is 9.62. The summed E-state index contributed by atoms with van der Waals surface area (Å²) in [4.78, 5) is 2.87. The molecule has 3 unspecified atom stereocenters. The molecule has 0 spiro atoms. The van der Waals surface area contributed by atoms with Crippen LogP contribution >= 0.6 is 0 Å². The normalized spacial score (nSPS) is 36.3. The van der Waals surface area contributed by atoms with Gasteiger partial charge < -0.3 is 5.32 Å². The molecule has 2 rings (SSSR count). The van der Waals surface area contributed by atoms with E-state index in [2.05, 4.69) is 37.9 Å². The lowest BCUT2D eigenvalue weighted by atomic mass is 9.74. The van der Waals surface area contributed by atoms with Gasteiger partial charge in [-0.3, -0.25) is 4.90 Å². The Hall–Kier alpha value is -0.0800. The Morgan fingerprint density at radius 2 is 2.05 bits per heavy atom. The summed E-state index contributed by atoms with van der Waals surface area (Å²) in [5.41, 5.74) is 0.562. The second kappa shape index (κ2) is 6.58. The van der Waals surface area contributed by atoms with Crippen molar-refractivity contribution in [1.29, 1.82) is 0 Å². The predicted octanol–water partition coefficient (Wildman–Crippen LogP) is 3.81. The fourth-order valence-electron chi connectivity index (χ4n) is 4.20. The maximum Gasteiger partial charge on any atom is 0.0221 e. The van der Waals surface area contributed by atoms with Gasteiger partial charge in [0.1, 0.15) is 0 Å². The zero-order chi connectivity index (χ0) is 13.9. The van der Waals surface area contributed by atoms with Crippen LogP contribution in [0.1, 0.15) is 72.6 Å². The minimum Gasteiger partial charge on any atom is -0.311 e. The van der Waals surface area contributed by atoms with E-state index in [1.54, 1.807) is 0 Å². The van der Waals surface area contributed by atoms with Gasteiger partial charge in [0.2, 0.25) is 0 Å². The van der Waals surface area contributed by atoms with Crippen LogP contribution in [0.4, 0.5) is 0 Å². The van der Waals surface area contributed by atoms with Crippen molar-refractivity contribution < 1.29 is 0 Å². The van der Waals surface area contributed by atoms with Gasteiger partial charge in [0.25, 0.3) is 0 Å². The highest BCUT2D eigenvalue weighted by atomic mass is 15.3. The Morgan fingerprint density at radius 3 is 2.68 bits per heavy atom. The summed E-state index contributed by atoms with van der Waals surface area (Å²) in [5.74, 6) is 0. The van der Waals surface area contributed by atoms with Crippen molar-refractivity contribution in [2.24, 2.45) is 5.41 Å². The zero-order valence-electron chi connectivity index (χ0n) is 13.5. The molecule has 0 aromatic rings. The van der Waals surface area contributed by atoms with Crippen LogP contribution in [0.3, 0.4) is 0 Å². The van der Waals surface area contributed by atoms with E-state index in [0.29, 0.717) is 5.41 Å². The van der Waals surface area contributed by atoms with Crippen LogP contribution in [0, 0.1) is 5.41 Å². The number of piperazine rings is 1. The third kappa shape index (κ3) is 3.95. The highest BCUT2D eigenvalue weighted by Crippen LogP contribution is 2.38. The molecular formula is C17H34N2. The number of nitrogens with zero attached hydrogens (tertiary/aromatic N) is 1. The average molecular weight is 266 g/mol. The molecule has 0 radical (unpaired) electrons. The second-order valence-electron chi connectivity index (χ2n) is 7.57. The Morgan fingerprint density at radius 1 is 1.26 bits per heavy atom. The van der Waals surface area contributed by atoms with Crippen LogP contribution in [-0.2, 0) is 0 Å². The average Bonchev–Trinajstić information content (AvgIpc) is 2.38. The van der Waals surface area contributed by atoms with Gasteiger partial charge in [0, 0.05) is 31.2 Å². The van der Waals surface area contributed by atoms with E-state index in [9.17, 15) is 0 Å². The topological polar surface area (TPSA) is 15.3 Å². The van der Waals surface area contributed by atoms with Gasteiger partial charge in [0.05, 0.1) is 0 Å². The molecule has 2 heteroatoms. The maximum atomic E-state index is 3.77. The second-order valence-corrected chi connectivity index (χ2v) is 7.57. The molecule has 1 aliphatic heterocycles. The van der Waals surface area contributed by atoms with Gasteiger partial charge in [-0.05, 0) is 37.5 Å². The van der Waals surface area contributed by atoms with E-state index in [4.69, 9.17) is 0 Å². The van der Waals surface area contributed by atoms with Crippen LogP contribution in [-0.4, -0.2) is 36.1 Å². The molecule has 112 valence electrons. The lowest BCUT2D eigenvalue weighted by Gasteiger charge is -2.48. The van der Waals surface area contributed by atoms with Gasteiger partial charge >= 0.3 is 0 Å². The smallest absolute Gasteiger partial charge is 0.0221 e. The third-order valence-corrected chi connectivity index (χ3v) is 5.30. The van der Waals surface area contributed by atoms with Crippen LogP contribution in [0.15, 0.2) is 0 Å². The summed E-state index contributed by atoms with van der Waals surface area (Å²) in [5, 5.41) is 3.77. The summed E-state index contributed by atoms with van der Waals surface area (Å²) in [6.45, 7) is 12.1. The first-order valence-corrected chi connectivity index (χ1v) is 8.55. The first-order chi connectivity index (χ1) is 9.05. The lowest BCUT2D eigenvalue weighted by Crippen LogP contribution is -2.60. The van der Waals surface area contributed by atoms with Crippen LogP contribution in [0.25, 0.3) is 0 Å².